The zero-order valence-electron chi connectivity index (χ0n) is 17.9. The first-order chi connectivity index (χ1) is 14.4. The Kier molecular flexibility index (Phi) is 5.80. The number of nitrogens with two attached hydrogens (primary N) is 1. The molecule has 2 aromatic carbocycles. The van der Waals surface area contributed by atoms with E-state index in [1.54, 1.807) is 0 Å². The van der Waals surface area contributed by atoms with Crippen LogP contribution in [0.1, 0.15) is 39.9 Å². The number of carbonyl (C=O) groups excluding carboxylic acids is 2. The number of likely N-dealkylation sites (tertiary alicyclic amines) is 1. The van der Waals surface area contributed by atoms with E-state index in [1.807, 2.05) is 32.0 Å². The van der Waals surface area contributed by atoms with E-state index >= 15 is 0 Å². The largest absolute Gasteiger partial charge is 0.371 e. The molecular formula is C25H31N3O2. The van der Waals surface area contributed by atoms with Gasteiger partial charge in [0, 0.05) is 55.7 Å². The lowest BCUT2D eigenvalue weighted by molar-refractivity contribution is -0.118. The van der Waals surface area contributed by atoms with E-state index in [1.165, 1.54) is 11.3 Å². The van der Waals surface area contributed by atoms with E-state index in [0.717, 1.165) is 55.7 Å². The molecule has 5 nitrogen and oxygen atoms in total. The van der Waals surface area contributed by atoms with Crippen LogP contribution in [0.15, 0.2) is 42.5 Å². The predicted octanol–water partition coefficient (Wildman–Crippen LogP) is 3.32. The predicted molar refractivity (Wildman–Crippen MR) is 120 cm³/mol. The third kappa shape index (κ3) is 4.20. The fraction of sp³-hybridized carbons (Fsp3) is 0.440. The third-order valence-corrected chi connectivity index (χ3v) is 6.63. The smallest absolute Gasteiger partial charge is 0.254 e. The van der Waals surface area contributed by atoms with Crippen LogP contribution in [0.2, 0.25) is 0 Å². The molecule has 2 unspecified atom stereocenters. The van der Waals surface area contributed by atoms with Gasteiger partial charge in [-0.3, -0.25) is 9.59 Å². The van der Waals surface area contributed by atoms with Crippen molar-refractivity contribution in [3.63, 3.8) is 0 Å². The van der Waals surface area contributed by atoms with Gasteiger partial charge >= 0.3 is 0 Å². The number of primary amides is 1. The molecule has 2 saturated heterocycles. The Morgan fingerprint density at radius 1 is 0.967 bits per heavy atom. The first-order valence-corrected chi connectivity index (χ1v) is 10.9. The number of hydrogen-bond donors (Lipinski definition) is 1. The minimum Gasteiger partial charge on any atom is -0.371 e. The first-order valence-electron chi connectivity index (χ1n) is 10.9. The van der Waals surface area contributed by atoms with Crippen LogP contribution < -0.4 is 10.6 Å². The molecule has 0 radical (unpaired) electrons. The van der Waals surface area contributed by atoms with E-state index in [9.17, 15) is 9.59 Å². The normalized spacial score (nSPS) is 20.5. The molecule has 2 N–H and O–H groups in total. The first kappa shape index (κ1) is 20.5. The number of nitrogens with zero attached hydrogens (tertiary/aromatic N) is 2. The summed E-state index contributed by atoms with van der Waals surface area (Å²) < 4.78 is 0. The van der Waals surface area contributed by atoms with E-state index in [-0.39, 0.29) is 11.8 Å². The highest BCUT2D eigenvalue weighted by atomic mass is 16.2. The molecular weight excluding hydrogens is 374 g/mol. The molecule has 4 rings (SSSR count). The molecule has 0 bridgehead atoms. The maximum atomic E-state index is 13.1. The standard InChI is InChI=1S/C25H31N3O2/c1-17-6-3-7-18(2)24(17)25(30)28-15-20-13-27(14-21(20)16-28)22-10-4-8-19(12-22)9-5-11-23(26)29/h3-4,6-8,10,12,20-21H,5,9,11,13-16H2,1-2H3,(H2,26,29). The summed E-state index contributed by atoms with van der Waals surface area (Å²) in [5, 5.41) is 0. The highest BCUT2D eigenvalue weighted by Gasteiger charge is 2.42. The van der Waals surface area contributed by atoms with Crippen molar-refractivity contribution >= 4 is 17.5 Å². The third-order valence-electron chi connectivity index (χ3n) is 6.63. The van der Waals surface area contributed by atoms with Crippen LogP contribution in [0, 0.1) is 25.7 Å². The van der Waals surface area contributed by atoms with Crippen LogP contribution in [-0.4, -0.2) is 42.9 Å². The summed E-state index contributed by atoms with van der Waals surface area (Å²) >= 11 is 0. The minimum absolute atomic E-state index is 0.183. The summed E-state index contributed by atoms with van der Waals surface area (Å²) in [7, 11) is 0. The van der Waals surface area contributed by atoms with Gasteiger partial charge in [0.25, 0.3) is 5.91 Å². The second-order valence-corrected chi connectivity index (χ2v) is 8.89. The quantitative estimate of drug-likeness (QED) is 0.802. The number of fused-ring (bicyclic) bond motifs is 1. The molecule has 2 fully saturated rings. The molecule has 2 aliphatic heterocycles. The summed E-state index contributed by atoms with van der Waals surface area (Å²) in [6.07, 6.45) is 2.09. The Labute approximate surface area is 178 Å². The van der Waals surface area contributed by atoms with Crippen LogP contribution in [0.3, 0.4) is 0 Å². The van der Waals surface area contributed by atoms with Crippen LogP contribution in [0.4, 0.5) is 5.69 Å². The van der Waals surface area contributed by atoms with Gasteiger partial charge in [-0.25, -0.2) is 0 Å². The Morgan fingerprint density at radius 2 is 1.60 bits per heavy atom. The highest BCUT2D eigenvalue weighted by molar-refractivity contribution is 5.97. The van der Waals surface area contributed by atoms with Crippen molar-refractivity contribution in [2.45, 2.75) is 33.1 Å². The van der Waals surface area contributed by atoms with Gasteiger partial charge in [0.2, 0.25) is 5.91 Å². The van der Waals surface area contributed by atoms with Gasteiger partial charge in [-0.2, -0.15) is 0 Å². The number of hydrogen-bond acceptors (Lipinski definition) is 3. The maximum absolute atomic E-state index is 13.1. The second kappa shape index (κ2) is 8.50. The molecule has 2 amide bonds. The zero-order chi connectivity index (χ0) is 21.3. The monoisotopic (exact) mass is 405 g/mol. The van der Waals surface area contributed by atoms with Crippen molar-refractivity contribution in [2.75, 3.05) is 31.1 Å². The second-order valence-electron chi connectivity index (χ2n) is 8.89. The average Bonchev–Trinajstić information content (AvgIpc) is 3.27. The van der Waals surface area contributed by atoms with Crippen molar-refractivity contribution < 1.29 is 9.59 Å². The van der Waals surface area contributed by atoms with Gasteiger partial charge in [-0.05, 0) is 55.5 Å². The fourth-order valence-electron chi connectivity index (χ4n) is 5.06. The van der Waals surface area contributed by atoms with Crippen molar-refractivity contribution in [1.29, 1.82) is 0 Å². The van der Waals surface area contributed by atoms with Gasteiger partial charge in [0.15, 0.2) is 0 Å². The number of aryl methyl sites for hydroxylation is 3. The van der Waals surface area contributed by atoms with Gasteiger partial charge in [-0.1, -0.05) is 30.3 Å². The Hall–Kier alpha value is -2.82. The molecule has 0 aliphatic carbocycles. The van der Waals surface area contributed by atoms with E-state index < -0.39 is 0 Å². The van der Waals surface area contributed by atoms with Crippen LogP contribution in [0.25, 0.3) is 0 Å². The van der Waals surface area contributed by atoms with Gasteiger partial charge in [0.05, 0.1) is 0 Å². The molecule has 0 saturated carbocycles. The Morgan fingerprint density at radius 3 is 2.23 bits per heavy atom. The van der Waals surface area contributed by atoms with E-state index in [4.69, 9.17) is 5.73 Å². The molecule has 2 aliphatic rings. The van der Waals surface area contributed by atoms with Gasteiger partial charge in [-0.15, -0.1) is 0 Å². The lowest BCUT2D eigenvalue weighted by Gasteiger charge is -2.24. The zero-order valence-corrected chi connectivity index (χ0v) is 17.9. The summed E-state index contributed by atoms with van der Waals surface area (Å²) in [5.74, 6) is 0.995. The number of rotatable bonds is 6. The molecule has 30 heavy (non-hydrogen) atoms. The van der Waals surface area contributed by atoms with Crippen LogP contribution >= 0.6 is 0 Å². The minimum atomic E-state index is -0.237. The SMILES string of the molecule is Cc1cccc(C)c1C(=O)N1CC2CN(c3cccc(CCCC(N)=O)c3)CC2C1. The Bertz CT molecular complexity index is 921. The number of anilines is 1. The van der Waals surface area contributed by atoms with Crippen molar-refractivity contribution in [3.8, 4) is 0 Å². The van der Waals surface area contributed by atoms with E-state index in [0.29, 0.717) is 18.3 Å². The van der Waals surface area contributed by atoms with Gasteiger partial charge < -0.3 is 15.5 Å². The molecule has 2 heterocycles. The highest BCUT2D eigenvalue weighted by Crippen LogP contribution is 2.35. The van der Waals surface area contributed by atoms with E-state index in [2.05, 4.69) is 34.1 Å². The van der Waals surface area contributed by atoms with Crippen molar-refractivity contribution in [2.24, 2.45) is 17.6 Å². The molecule has 5 heteroatoms. The fourth-order valence-corrected chi connectivity index (χ4v) is 5.06. The lowest BCUT2D eigenvalue weighted by atomic mass is 10.0. The van der Waals surface area contributed by atoms with Gasteiger partial charge in [0.1, 0.15) is 0 Å². The molecule has 158 valence electrons. The van der Waals surface area contributed by atoms with Crippen LogP contribution in [0.5, 0.6) is 0 Å². The Balaban J connectivity index is 1.38. The number of benzene rings is 2. The summed E-state index contributed by atoms with van der Waals surface area (Å²) in [5.41, 5.74) is 10.7. The summed E-state index contributed by atoms with van der Waals surface area (Å²) in [6, 6.07) is 14.7. The summed E-state index contributed by atoms with van der Waals surface area (Å²) in [6.45, 7) is 7.71. The molecule has 0 aromatic heterocycles. The molecule has 2 atom stereocenters. The maximum Gasteiger partial charge on any atom is 0.254 e. The van der Waals surface area contributed by atoms with Crippen molar-refractivity contribution in [3.05, 3.63) is 64.7 Å². The lowest BCUT2D eigenvalue weighted by Crippen LogP contribution is -2.34. The van der Waals surface area contributed by atoms with Crippen molar-refractivity contribution in [1.82, 2.24) is 4.90 Å². The molecule has 0 spiro atoms. The number of amides is 2. The number of carbonyl (C=O) groups is 2. The average molecular weight is 406 g/mol. The summed E-state index contributed by atoms with van der Waals surface area (Å²) in [4.78, 5) is 28.6. The topological polar surface area (TPSA) is 66.6 Å². The molecule has 2 aromatic rings. The van der Waals surface area contributed by atoms with Crippen LogP contribution in [-0.2, 0) is 11.2 Å².